The molecule has 222 valence electrons. The van der Waals surface area contributed by atoms with Crippen molar-refractivity contribution in [2.24, 2.45) is 23.0 Å². The van der Waals surface area contributed by atoms with Gasteiger partial charge >= 0.3 is 5.97 Å². The Morgan fingerprint density at radius 3 is 2.15 bits per heavy atom. The van der Waals surface area contributed by atoms with Crippen LogP contribution in [0.4, 0.5) is 0 Å². The number of nitrogens with zero attached hydrogens (tertiary/aromatic N) is 2. The summed E-state index contributed by atoms with van der Waals surface area (Å²) >= 11 is 0. The Balaban J connectivity index is 0.00000462. The first kappa shape index (κ1) is 32.5. The number of nitrogens with two attached hydrogens (primary N) is 1. The fourth-order valence-corrected chi connectivity index (χ4v) is 6.07. The summed E-state index contributed by atoms with van der Waals surface area (Å²) in [7, 11) is 0. The quantitative estimate of drug-likeness (QED) is 0.216. The molecular formula is C31H41IN4O5. The molecule has 4 N–H and O–H groups in total. The van der Waals surface area contributed by atoms with Gasteiger partial charge in [0.1, 0.15) is 11.9 Å². The fraction of sp³-hybridized carbons (Fsp3) is 0.484. The molecule has 2 heterocycles. The first-order valence-corrected chi connectivity index (χ1v) is 13.9. The zero-order chi connectivity index (χ0) is 29.0. The highest BCUT2D eigenvalue weighted by Crippen LogP contribution is 2.38. The smallest absolute Gasteiger partial charge is 0.307 e. The minimum atomic E-state index is -0.793. The van der Waals surface area contributed by atoms with Gasteiger partial charge in [-0.15, -0.1) is 24.0 Å². The third-order valence-electron chi connectivity index (χ3n) is 8.10. The summed E-state index contributed by atoms with van der Waals surface area (Å²) in [5.41, 5.74) is 7.14. The molecule has 9 nitrogen and oxygen atoms in total. The van der Waals surface area contributed by atoms with Gasteiger partial charge in [-0.05, 0) is 41.9 Å². The van der Waals surface area contributed by atoms with Crippen LogP contribution in [0.5, 0.6) is 0 Å². The zero-order valence-corrected chi connectivity index (χ0v) is 26.2. The minimum Gasteiger partial charge on any atom is -0.481 e. The molecule has 41 heavy (non-hydrogen) atoms. The van der Waals surface area contributed by atoms with Crippen LogP contribution in [0.15, 0.2) is 54.6 Å². The number of hydrogen-bond acceptors (Lipinski definition) is 5. The van der Waals surface area contributed by atoms with Gasteiger partial charge < -0.3 is 25.4 Å². The average Bonchev–Trinajstić information content (AvgIpc) is 3.35. The van der Waals surface area contributed by atoms with Gasteiger partial charge in [-0.2, -0.15) is 0 Å². The second-order valence-corrected chi connectivity index (χ2v) is 12.0. The van der Waals surface area contributed by atoms with Crippen molar-refractivity contribution in [1.82, 2.24) is 9.80 Å². The number of piperidine rings is 1. The highest BCUT2D eigenvalue weighted by atomic mass is 127. The van der Waals surface area contributed by atoms with E-state index in [4.69, 9.17) is 15.9 Å². The van der Waals surface area contributed by atoms with Crippen LogP contribution in [0.3, 0.4) is 0 Å². The van der Waals surface area contributed by atoms with Crippen molar-refractivity contribution >= 4 is 47.6 Å². The standard InChI is InChI=1S/C31H40N4O5.HI/c1-31(2,3)26(30(38)39)21-13-15-34(16-14-21)29(37)25-17-24(40-19-20-7-5-4-6-8-20)18-35(25)28(36)23-11-9-22(10-12-23)27(32)33;/h4-12,21,24-26H,13-19H2,1-3H3,(H3,32,33)(H,38,39);1H/t24-,25-,26?;/m1./s1. The highest BCUT2D eigenvalue weighted by molar-refractivity contribution is 14.0. The van der Waals surface area contributed by atoms with Gasteiger partial charge in [0.25, 0.3) is 5.91 Å². The molecule has 4 rings (SSSR count). The Kier molecular flexibility index (Phi) is 10.9. The van der Waals surface area contributed by atoms with Crippen molar-refractivity contribution in [3.05, 3.63) is 71.3 Å². The van der Waals surface area contributed by atoms with Gasteiger partial charge in [0.15, 0.2) is 0 Å². The zero-order valence-electron chi connectivity index (χ0n) is 23.9. The van der Waals surface area contributed by atoms with E-state index >= 15 is 0 Å². The van der Waals surface area contributed by atoms with Gasteiger partial charge in [-0.3, -0.25) is 19.8 Å². The van der Waals surface area contributed by atoms with E-state index in [1.165, 1.54) is 0 Å². The van der Waals surface area contributed by atoms with Gasteiger partial charge in [-0.25, -0.2) is 0 Å². The van der Waals surface area contributed by atoms with E-state index in [2.05, 4.69) is 0 Å². The van der Waals surface area contributed by atoms with Crippen LogP contribution in [0.25, 0.3) is 0 Å². The van der Waals surface area contributed by atoms with Crippen molar-refractivity contribution in [2.75, 3.05) is 19.6 Å². The average molecular weight is 677 g/mol. The number of nitrogen functional groups attached to an aromatic ring is 1. The van der Waals surface area contributed by atoms with Crippen LogP contribution in [0.2, 0.25) is 0 Å². The summed E-state index contributed by atoms with van der Waals surface area (Å²) in [5.74, 6) is -1.76. The third-order valence-corrected chi connectivity index (χ3v) is 8.10. The molecule has 0 radical (unpaired) electrons. The first-order valence-electron chi connectivity index (χ1n) is 13.9. The number of likely N-dealkylation sites (tertiary alicyclic amines) is 2. The SMILES string of the molecule is CC(C)(C)C(C(=O)O)C1CCN(C(=O)[C@H]2C[C@@H](OCc3ccccc3)CN2C(=O)c2ccc(C(=N)N)cc2)CC1.I. The number of carboxylic acid groups (broad SMARTS) is 1. The van der Waals surface area contributed by atoms with Crippen molar-refractivity contribution in [2.45, 2.75) is 58.8 Å². The Bertz CT molecular complexity index is 1220. The van der Waals surface area contributed by atoms with Crippen LogP contribution in [-0.4, -0.2) is 70.3 Å². The van der Waals surface area contributed by atoms with Gasteiger partial charge in [0.05, 0.1) is 18.6 Å². The highest BCUT2D eigenvalue weighted by Gasteiger charge is 2.44. The number of aliphatic carboxylic acids is 1. The molecule has 2 aromatic rings. The summed E-state index contributed by atoms with van der Waals surface area (Å²) in [5, 5.41) is 17.5. The summed E-state index contributed by atoms with van der Waals surface area (Å²) in [6.07, 6.45) is 1.31. The second-order valence-electron chi connectivity index (χ2n) is 12.0. The van der Waals surface area contributed by atoms with Crippen molar-refractivity contribution < 1.29 is 24.2 Å². The maximum absolute atomic E-state index is 13.8. The summed E-state index contributed by atoms with van der Waals surface area (Å²) in [4.78, 5) is 42.9. The molecule has 2 aliphatic rings. The number of halogens is 1. The number of ether oxygens (including phenoxy) is 1. The molecule has 3 atom stereocenters. The minimum absolute atomic E-state index is 0. The maximum Gasteiger partial charge on any atom is 0.307 e. The summed E-state index contributed by atoms with van der Waals surface area (Å²) in [6, 6.07) is 15.6. The number of nitrogens with one attached hydrogen (secondary N) is 1. The lowest BCUT2D eigenvalue weighted by Crippen LogP contribution is -2.51. The molecule has 2 saturated heterocycles. The second kappa shape index (κ2) is 13.8. The number of hydrogen-bond donors (Lipinski definition) is 3. The summed E-state index contributed by atoms with van der Waals surface area (Å²) in [6.45, 7) is 7.45. The number of amidine groups is 1. The Morgan fingerprint density at radius 2 is 1.61 bits per heavy atom. The van der Waals surface area contributed by atoms with Crippen LogP contribution in [0.1, 0.15) is 61.5 Å². The van der Waals surface area contributed by atoms with Crippen molar-refractivity contribution in [1.29, 1.82) is 5.41 Å². The molecule has 0 spiro atoms. The van der Waals surface area contributed by atoms with Crippen LogP contribution < -0.4 is 5.73 Å². The number of carboxylic acids is 1. The molecule has 0 aliphatic carbocycles. The van der Waals surface area contributed by atoms with Crippen LogP contribution in [0, 0.1) is 22.7 Å². The molecule has 0 aromatic heterocycles. The molecule has 0 saturated carbocycles. The first-order chi connectivity index (χ1) is 19.0. The Labute approximate surface area is 258 Å². The van der Waals surface area contributed by atoms with E-state index in [9.17, 15) is 19.5 Å². The van der Waals surface area contributed by atoms with Crippen molar-refractivity contribution in [3.8, 4) is 0 Å². The number of carbonyl (C=O) groups is 3. The molecule has 2 fully saturated rings. The van der Waals surface area contributed by atoms with Gasteiger partial charge in [-0.1, -0.05) is 63.2 Å². The Hall–Kier alpha value is -2.99. The van der Waals surface area contributed by atoms with E-state index in [-0.39, 0.29) is 65.6 Å². The van der Waals surface area contributed by atoms with Crippen LogP contribution >= 0.6 is 24.0 Å². The normalized spacial score (nSPS) is 20.3. The monoisotopic (exact) mass is 676 g/mol. The lowest BCUT2D eigenvalue weighted by atomic mass is 9.70. The predicted octanol–water partition coefficient (Wildman–Crippen LogP) is 4.37. The molecular weight excluding hydrogens is 635 g/mol. The molecule has 1 unspecified atom stereocenters. The number of benzene rings is 2. The molecule has 0 bridgehead atoms. The Morgan fingerprint density at radius 1 is 1.02 bits per heavy atom. The van der Waals surface area contributed by atoms with E-state index in [0.29, 0.717) is 50.1 Å². The number of carbonyl (C=O) groups excluding carboxylic acids is 2. The maximum atomic E-state index is 13.8. The van der Waals surface area contributed by atoms with E-state index in [0.717, 1.165) is 5.56 Å². The largest absolute Gasteiger partial charge is 0.481 e. The van der Waals surface area contributed by atoms with Crippen LogP contribution in [-0.2, 0) is 20.9 Å². The molecule has 2 amide bonds. The number of amides is 2. The van der Waals surface area contributed by atoms with E-state index in [1.807, 2.05) is 51.1 Å². The molecule has 2 aliphatic heterocycles. The lowest BCUT2D eigenvalue weighted by Gasteiger charge is -2.40. The van der Waals surface area contributed by atoms with E-state index in [1.54, 1.807) is 34.1 Å². The third kappa shape index (κ3) is 7.85. The predicted molar refractivity (Wildman–Crippen MR) is 167 cm³/mol. The molecule has 10 heteroatoms. The fourth-order valence-electron chi connectivity index (χ4n) is 6.07. The topological polar surface area (TPSA) is 137 Å². The number of rotatable bonds is 8. The van der Waals surface area contributed by atoms with E-state index < -0.39 is 17.9 Å². The molecule has 2 aromatic carbocycles. The summed E-state index contributed by atoms with van der Waals surface area (Å²) < 4.78 is 6.16. The van der Waals surface area contributed by atoms with Gasteiger partial charge in [0.2, 0.25) is 5.91 Å². The lowest BCUT2D eigenvalue weighted by molar-refractivity contribution is -0.150. The van der Waals surface area contributed by atoms with Gasteiger partial charge in [0, 0.05) is 37.2 Å². The van der Waals surface area contributed by atoms with Crippen molar-refractivity contribution in [3.63, 3.8) is 0 Å².